The minimum atomic E-state index is -0.546. The predicted octanol–water partition coefficient (Wildman–Crippen LogP) is 4.33. The summed E-state index contributed by atoms with van der Waals surface area (Å²) in [6.07, 6.45) is 9.02. The van der Waals surface area contributed by atoms with Gasteiger partial charge in [-0.1, -0.05) is 13.3 Å². The largest absolute Gasteiger partial charge is 0.462 e. The Labute approximate surface area is 186 Å². The fraction of sp³-hybridized carbons (Fsp3) is 0.833. The number of carbonyl (C=O) groups excluding carboxylic acids is 2. The molecule has 7 heteroatoms. The van der Waals surface area contributed by atoms with Gasteiger partial charge >= 0.3 is 11.9 Å². The molecule has 0 amide bonds. The molecule has 0 aromatic carbocycles. The second kappa shape index (κ2) is 13.2. The van der Waals surface area contributed by atoms with Gasteiger partial charge in [-0.05, 0) is 69.4 Å². The normalized spacial score (nSPS) is 29.2. The van der Waals surface area contributed by atoms with Crippen molar-refractivity contribution < 1.29 is 33.3 Å². The third-order valence-corrected chi connectivity index (χ3v) is 6.04. The number of hydrogen-bond donors (Lipinski definition) is 0. The van der Waals surface area contributed by atoms with Gasteiger partial charge in [-0.15, -0.1) is 0 Å². The number of esters is 2. The van der Waals surface area contributed by atoms with Crippen LogP contribution in [0.15, 0.2) is 11.6 Å². The lowest BCUT2D eigenvalue weighted by Gasteiger charge is -2.35. The molecule has 2 rings (SSSR count). The average Bonchev–Trinajstić information content (AvgIpc) is 2.87. The van der Waals surface area contributed by atoms with Gasteiger partial charge in [0.1, 0.15) is 18.3 Å². The number of rotatable bonds is 10. The smallest absolute Gasteiger partial charge is 0.303 e. The lowest BCUT2D eigenvalue weighted by atomic mass is 9.88. The van der Waals surface area contributed by atoms with Crippen LogP contribution in [-0.4, -0.2) is 56.4 Å². The Morgan fingerprint density at radius 3 is 2.71 bits per heavy atom. The molecule has 0 saturated carbocycles. The van der Waals surface area contributed by atoms with E-state index >= 15 is 0 Å². The van der Waals surface area contributed by atoms with Crippen molar-refractivity contribution in [1.29, 1.82) is 0 Å². The second-order valence-corrected chi connectivity index (χ2v) is 9.03. The standard InChI is InChI=1S/C24H40O7/c1-18(16-29-23-9-5-6-14-28-23)8-7-13-24(4)22(31-20(3)26)11-10-21(17-30-24)12-15-27-19(2)25/h12,18,22-23H,5-11,13-17H2,1-4H3. The summed E-state index contributed by atoms with van der Waals surface area (Å²) >= 11 is 0. The highest BCUT2D eigenvalue weighted by molar-refractivity contribution is 5.66. The van der Waals surface area contributed by atoms with Crippen LogP contribution in [0.5, 0.6) is 0 Å². The summed E-state index contributed by atoms with van der Waals surface area (Å²) in [4.78, 5) is 22.7. The fourth-order valence-electron chi connectivity index (χ4n) is 4.10. The zero-order chi connectivity index (χ0) is 22.7. The lowest BCUT2D eigenvalue weighted by molar-refractivity contribution is -0.170. The van der Waals surface area contributed by atoms with Crippen molar-refractivity contribution in [1.82, 2.24) is 0 Å². The van der Waals surface area contributed by atoms with E-state index in [2.05, 4.69) is 6.92 Å². The number of carbonyl (C=O) groups is 2. The minimum Gasteiger partial charge on any atom is -0.462 e. The van der Waals surface area contributed by atoms with Crippen molar-refractivity contribution >= 4 is 11.9 Å². The molecule has 0 aromatic rings. The third-order valence-electron chi connectivity index (χ3n) is 6.04. The van der Waals surface area contributed by atoms with E-state index in [1.165, 1.54) is 20.3 Å². The zero-order valence-electron chi connectivity index (χ0n) is 19.7. The summed E-state index contributed by atoms with van der Waals surface area (Å²) < 4.78 is 28.5. The Morgan fingerprint density at radius 1 is 1.23 bits per heavy atom. The Morgan fingerprint density at radius 2 is 2.03 bits per heavy atom. The fourth-order valence-corrected chi connectivity index (χ4v) is 4.10. The summed E-state index contributed by atoms with van der Waals surface area (Å²) in [7, 11) is 0. The Kier molecular flexibility index (Phi) is 11.0. The molecule has 178 valence electrons. The molecule has 31 heavy (non-hydrogen) atoms. The maximum atomic E-state index is 11.7. The lowest BCUT2D eigenvalue weighted by Crippen LogP contribution is -2.43. The molecule has 0 aromatic heterocycles. The quantitative estimate of drug-likeness (QED) is 0.369. The first kappa shape index (κ1) is 25.8. The van der Waals surface area contributed by atoms with Gasteiger partial charge < -0.3 is 23.7 Å². The summed E-state index contributed by atoms with van der Waals surface area (Å²) in [6.45, 7) is 9.24. The van der Waals surface area contributed by atoms with Gasteiger partial charge in [-0.2, -0.15) is 0 Å². The van der Waals surface area contributed by atoms with Crippen LogP contribution in [-0.2, 0) is 33.3 Å². The second-order valence-electron chi connectivity index (χ2n) is 9.03. The molecule has 0 N–H and O–H groups in total. The van der Waals surface area contributed by atoms with Crippen molar-refractivity contribution in [3.05, 3.63) is 11.6 Å². The van der Waals surface area contributed by atoms with Crippen LogP contribution in [0, 0.1) is 5.92 Å². The van der Waals surface area contributed by atoms with Crippen LogP contribution in [0.25, 0.3) is 0 Å². The molecule has 4 atom stereocenters. The molecule has 2 heterocycles. The molecule has 0 aliphatic carbocycles. The first-order chi connectivity index (χ1) is 14.8. The molecular formula is C24H40O7. The van der Waals surface area contributed by atoms with Gasteiger partial charge in [0.15, 0.2) is 6.29 Å². The van der Waals surface area contributed by atoms with Crippen LogP contribution in [0.1, 0.15) is 79.1 Å². The third kappa shape index (κ3) is 9.71. The minimum absolute atomic E-state index is 0.0514. The molecule has 2 fully saturated rings. The van der Waals surface area contributed by atoms with E-state index < -0.39 is 5.60 Å². The van der Waals surface area contributed by atoms with Crippen LogP contribution in [0.2, 0.25) is 0 Å². The highest BCUT2D eigenvalue weighted by Crippen LogP contribution is 2.34. The topological polar surface area (TPSA) is 80.3 Å². The van der Waals surface area contributed by atoms with Crippen molar-refractivity contribution in [2.45, 2.75) is 97.1 Å². The van der Waals surface area contributed by atoms with E-state index in [9.17, 15) is 9.59 Å². The van der Waals surface area contributed by atoms with E-state index in [0.29, 0.717) is 25.6 Å². The Bertz CT molecular complexity index is 597. The molecule has 2 aliphatic rings. The maximum absolute atomic E-state index is 11.7. The molecule has 2 saturated heterocycles. The van der Waals surface area contributed by atoms with Crippen LogP contribution >= 0.6 is 0 Å². The molecule has 0 spiro atoms. The molecule has 0 bridgehead atoms. The van der Waals surface area contributed by atoms with Crippen molar-refractivity contribution in [2.75, 3.05) is 26.4 Å². The summed E-state index contributed by atoms with van der Waals surface area (Å²) in [5.41, 5.74) is 0.520. The summed E-state index contributed by atoms with van der Waals surface area (Å²) in [5.74, 6) is -0.171. The molecule has 7 nitrogen and oxygen atoms in total. The zero-order valence-corrected chi connectivity index (χ0v) is 19.7. The molecule has 4 unspecified atom stereocenters. The van der Waals surface area contributed by atoms with Gasteiger partial charge in [0.25, 0.3) is 0 Å². The Hall–Kier alpha value is -1.44. The maximum Gasteiger partial charge on any atom is 0.303 e. The first-order valence-corrected chi connectivity index (χ1v) is 11.6. The van der Waals surface area contributed by atoms with Crippen molar-refractivity contribution in [3.8, 4) is 0 Å². The van der Waals surface area contributed by atoms with E-state index in [4.69, 9.17) is 23.7 Å². The Balaban J connectivity index is 1.84. The van der Waals surface area contributed by atoms with Gasteiger partial charge in [-0.25, -0.2) is 0 Å². The number of hydrogen-bond acceptors (Lipinski definition) is 7. The molecular weight excluding hydrogens is 400 g/mol. The summed E-state index contributed by atoms with van der Waals surface area (Å²) in [5, 5.41) is 0. The summed E-state index contributed by atoms with van der Waals surface area (Å²) in [6, 6.07) is 0. The van der Waals surface area contributed by atoms with Crippen molar-refractivity contribution in [3.63, 3.8) is 0 Å². The monoisotopic (exact) mass is 440 g/mol. The highest BCUT2D eigenvalue weighted by Gasteiger charge is 2.39. The number of ether oxygens (including phenoxy) is 5. The predicted molar refractivity (Wildman–Crippen MR) is 116 cm³/mol. The van der Waals surface area contributed by atoms with E-state index in [1.54, 1.807) is 0 Å². The molecule has 0 radical (unpaired) electrons. The molecule has 2 aliphatic heterocycles. The van der Waals surface area contributed by atoms with E-state index in [-0.39, 0.29) is 30.9 Å². The van der Waals surface area contributed by atoms with Gasteiger partial charge in [0.05, 0.1) is 13.2 Å². The average molecular weight is 441 g/mol. The van der Waals surface area contributed by atoms with Crippen molar-refractivity contribution in [2.24, 2.45) is 5.92 Å². The van der Waals surface area contributed by atoms with E-state index in [1.807, 2.05) is 13.0 Å². The van der Waals surface area contributed by atoms with E-state index in [0.717, 1.165) is 50.7 Å². The van der Waals surface area contributed by atoms with Gasteiger partial charge in [-0.3, -0.25) is 9.59 Å². The van der Waals surface area contributed by atoms with Crippen LogP contribution in [0.3, 0.4) is 0 Å². The van der Waals surface area contributed by atoms with Gasteiger partial charge in [0, 0.05) is 20.5 Å². The highest BCUT2D eigenvalue weighted by atomic mass is 16.7. The SMILES string of the molecule is CC(=O)OCC=C1CCC(OC(C)=O)C(C)(CCCC(C)COC2CCCCO2)OC1. The van der Waals surface area contributed by atoms with Crippen LogP contribution in [0.4, 0.5) is 0 Å². The first-order valence-electron chi connectivity index (χ1n) is 11.6. The van der Waals surface area contributed by atoms with Crippen LogP contribution < -0.4 is 0 Å². The van der Waals surface area contributed by atoms with Gasteiger partial charge in [0.2, 0.25) is 0 Å².